The van der Waals surface area contributed by atoms with Gasteiger partial charge in [-0.15, -0.1) is 0 Å². The maximum absolute atomic E-state index is 12.5. The van der Waals surface area contributed by atoms with Gasteiger partial charge in [0.2, 0.25) is 0 Å². The highest BCUT2D eigenvalue weighted by Gasteiger charge is 2.28. The topological polar surface area (TPSA) is 105 Å². The molecule has 0 aliphatic carbocycles. The highest BCUT2D eigenvalue weighted by atomic mass is 16.5. The standard InChI is InChI=1S/C28H24N4O4/c1-17-14-21(12-13-22(17)33)27(35)29-15-18-8-10-20(11-9-18)25-24(19-6-4-3-5-7-19)30-26-28(31-25)36-16-23(34)32(26)2/h3-14,33H,15-16H2,1-2H3,(H,29,35). The Bertz CT molecular complexity index is 1450. The van der Waals surface area contributed by atoms with Crippen LogP contribution in [0.25, 0.3) is 22.5 Å². The summed E-state index contributed by atoms with van der Waals surface area (Å²) in [6.45, 7) is 2.01. The van der Waals surface area contributed by atoms with Crippen LogP contribution in [-0.4, -0.2) is 40.5 Å². The van der Waals surface area contributed by atoms with Gasteiger partial charge in [-0.1, -0.05) is 54.6 Å². The first kappa shape index (κ1) is 23.0. The Hall–Kier alpha value is -4.72. The molecule has 1 aliphatic heterocycles. The lowest BCUT2D eigenvalue weighted by Crippen LogP contribution is -2.36. The number of hydrogen-bond donors (Lipinski definition) is 2. The molecular formula is C28H24N4O4. The van der Waals surface area contributed by atoms with Crippen molar-refractivity contribution < 1.29 is 19.4 Å². The highest BCUT2D eigenvalue weighted by Crippen LogP contribution is 2.36. The number of hydrogen-bond acceptors (Lipinski definition) is 6. The van der Waals surface area contributed by atoms with Gasteiger partial charge in [-0.05, 0) is 36.2 Å². The van der Waals surface area contributed by atoms with Gasteiger partial charge in [-0.3, -0.25) is 14.5 Å². The number of phenols is 1. The summed E-state index contributed by atoms with van der Waals surface area (Å²) in [6, 6.07) is 22.1. The fourth-order valence-electron chi connectivity index (χ4n) is 3.93. The van der Waals surface area contributed by atoms with Gasteiger partial charge in [0.25, 0.3) is 17.7 Å². The van der Waals surface area contributed by atoms with Crippen molar-refractivity contribution in [2.45, 2.75) is 13.5 Å². The Morgan fingerprint density at radius 1 is 1.00 bits per heavy atom. The molecule has 5 rings (SSSR count). The van der Waals surface area contributed by atoms with Gasteiger partial charge in [0.15, 0.2) is 12.4 Å². The first-order valence-electron chi connectivity index (χ1n) is 11.4. The number of carbonyl (C=O) groups excluding carboxylic acids is 2. The van der Waals surface area contributed by atoms with Crippen LogP contribution in [-0.2, 0) is 11.3 Å². The average molecular weight is 481 g/mol. The summed E-state index contributed by atoms with van der Waals surface area (Å²) < 4.78 is 5.58. The van der Waals surface area contributed by atoms with E-state index in [4.69, 9.17) is 14.7 Å². The number of nitrogens with one attached hydrogen (secondary N) is 1. The molecule has 2 N–H and O–H groups in total. The molecule has 0 saturated heterocycles. The van der Waals surface area contributed by atoms with Crippen LogP contribution in [0.2, 0.25) is 0 Å². The van der Waals surface area contributed by atoms with Crippen LogP contribution < -0.4 is 15.0 Å². The Kier molecular flexibility index (Phi) is 6.08. The minimum absolute atomic E-state index is 0.0818. The number of aryl methyl sites for hydroxylation is 1. The molecule has 3 aromatic carbocycles. The first-order chi connectivity index (χ1) is 17.4. The van der Waals surface area contributed by atoms with Gasteiger partial charge >= 0.3 is 0 Å². The molecule has 2 amide bonds. The number of fused-ring (bicyclic) bond motifs is 1. The monoisotopic (exact) mass is 480 g/mol. The molecule has 2 heterocycles. The van der Waals surface area contributed by atoms with E-state index in [1.807, 2.05) is 54.6 Å². The van der Waals surface area contributed by atoms with Crippen molar-refractivity contribution in [1.29, 1.82) is 0 Å². The van der Waals surface area contributed by atoms with E-state index in [0.29, 0.717) is 40.8 Å². The Labute approximate surface area is 208 Å². The van der Waals surface area contributed by atoms with E-state index in [1.54, 1.807) is 26.1 Å². The maximum atomic E-state index is 12.5. The number of ether oxygens (including phenoxy) is 1. The van der Waals surface area contributed by atoms with Gasteiger partial charge in [0.05, 0.1) is 5.69 Å². The lowest BCUT2D eigenvalue weighted by Gasteiger charge is -2.25. The third-order valence-electron chi connectivity index (χ3n) is 6.06. The summed E-state index contributed by atoms with van der Waals surface area (Å²) in [5.41, 5.74) is 5.03. The van der Waals surface area contributed by atoms with Gasteiger partial charge in [-0.25, -0.2) is 9.97 Å². The van der Waals surface area contributed by atoms with E-state index in [-0.39, 0.29) is 24.2 Å². The summed E-state index contributed by atoms with van der Waals surface area (Å²) in [4.78, 5) is 35.6. The molecule has 0 atom stereocenters. The zero-order valence-corrected chi connectivity index (χ0v) is 19.9. The van der Waals surface area contributed by atoms with Gasteiger partial charge in [0.1, 0.15) is 11.4 Å². The lowest BCUT2D eigenvalue weighted by molar-refractivity contribution is -0.121. The van der Waals surface area contributed by atoms with E-state index in [2.05, 4.69) is 5.32 Å². The van der Waals surface area contributed by atoms with Crippen molar-refractivity contribution in [3.8, 4) is 34.1 Å². The zero-order chi connectivity index (χ0) is 25.2. The van der Waals surface area contributed by atoms with Gasteiger partial charge in [0, 0.05) is 30.3 Å². The number of aromatic hydroxyl groups is 1. The molecule has 0 saturated carbocycles. The quantitative estimate of drug-likeness (QED) is 0.446. The van der Waals surface area contributed by atoms with Gasteiger partial charge in [-0.2, -0.15) is 0 Å². The molecular weight excluding hydrogens is 456 g/mol. The van der Waals surface area contributed by atoms with Crippen LogP contribution in [0.1, 0.15) is 21.5 Å². The average Bonchev–Trinajstić information content (AvgIpc) is 2.91. The molecule has 0 unspecified atom stereocenters. The second-order valence-electron chi connectivity index (χ2n) is 8.54. The third-order valence-corrected chi connectivity index (χ3v) is 6.06. The first-order valence-corrected chi connectivity index (χ1v) is 11.4. The fraction of sp³-hybridized carbons (Fsp3) is 0.143. The molecule has 0 fully saturated rings. The largest absolute Gasteiger partial charge is 0.508 e. The molecule has 180 valence electrons. The van der Waals surface area contributed by atoms with Crippen LogP contribution in [0.3, 0.4) is 0 Å². The SMILES string of the molecule is Cc1cc(C(=O)NCc2ccc(-c3nc4c(nc3-c3ccccc3)N(C)C(=O)CO4)cc2)ccc1O. The van der Waals surface area contributed by atoms with Crippen molar-refractivity contribution in [3.05, 3.63) is 89.5 Å². The number of amides is 2. The number of likely N-dealkylation sites (N-methyl/N-ethyl adjacent to an activating group) is 1. The lowest BCUT2D eigenvalue weighted by atomic mass is 10.0. The molecule has 8 heteroatoms. The molecule has 36 heavy (non-hydrogen) atoms. The number of anilines is 1. The van der Waals surface area contributed by atoms with E-state index < -0.39 is 0 Å². The van der Waals surface area contributed by atoms with Crippen molar-refractivity contribution in [3.63, 3.8) is 0 Å². The number of rotatable bonds is 5. The zero-order valence-electron chi connectivity index (χ0n) is 19.9. The minimum Gasteiger partial charge on any atom is -0.508 e. The Morgan fingerprint density at radius 2 is 1.69 bits per heavy atom. The van der Waals surface area contributed by atoms with E-state index in [0.717, 1.165) is 16.7 Å². The van der Waals surface area contributed by atoms with E-state index in [1.165, 1.54) is 11.0 Å². The molecule has 0 bridgehead atoms. The maximum Gasteiger partial charge on any atom is 0.266 e. The number of nitrogens with zero attached hydrogens (tertiary/aromatic N) is 3. The van der Waals surface area contributed by atoms with Crippen molar-refractivity contribution in [2.75, 3.05) is 18.6 Å². The van der Waals surface area contributed by atoms with Crippen LogP contribution >= 0.6 is 0 Å². The summed E-state index contributed by atoms with van der Waals surface area (Å²) in [6.07, 6.45) is 0. The Balaban J connectivity index is 1.42. The molecule has 0 radical (unpaired) electrons. The van der Waals surface area contributed by atoms with Crippen molar-refractivity contribution >= 4 is 17.6 Å². The molecule has 8 nitrogen and oxygen atoms in total. The number of carbonyl (C=O) groups is 2. The highest BCUT2D eigenvalue weighted by molar-refractivity contribution is 5.97. The summed E-state index contributed by atoms with van der Waals surface area (Å²) >= 11 is 0. The molecule has 1 aromatic heterocycles. The smallest absolute Gasteiger partial charge is 0.266 e. The van der Waals surface area contributed by atoms with Crippen LogP contribution in [0.5, 0.6) is 11.6 Å². The normalized spacial score (nSPS) is 12.6. The van der Waals surface area contributed by atoms with E-state index in [9.17, 15) is 14.7 Å². The number of phenolic OH excluding ortho intramolecular Hbond substituents is 1. The molecule has 0 spiro atoms. The minimum atomic E-state index is -0.218. The molecule has 4 aromatic rings. The van der Waals surface area contributed by atoms with Crippen molar-refractivity contribution in [1.82, 2.24) is 15.3 Å². The summed E-state index contributed by atoms with van der Waals surface area (Å²) in [7, 11) is 1.66. The number of benzene rings is 3. The second kappa shape index (κ2) is 9.50. The van der Waals surface area contributed by atoms with Crippen LogP contribution in [0, 0.1) is 6.92 Å². The Morgan fingerprint density at radius 3 is 2.42 bits per heavy atom. The van der Waals surface area contributed by atoms with Crippen LogP contribution in [0.4, 0.5) is 5.82 Å². The molecule has 1 aliphatic rings. The van der Waals surface area contributed by atoms with Gasteiger partial charge < -0.3 is 15.2 Å². The van der Waals surface area contributed by atoms with E-state index >= 15 is 0 Å². The second-order valence-corrected chi connectivity index (χ2v) is 8.54. The number of aromatic nitrogens is 2. The predicted molar refractivity (Wildman–Crippen MR) is 136 cm³/mol. The third kappa shape index (κ3) is 4.48. The van der Waals surface area contributed by atoms with Crippen molar-refractivity contribution in [2.24, 2.45) is 0 Å². The van der Waals surface area contributed by atoms with Crippen LogP contribution in [0.15, 0.2) is 72.8 Å². The summed E-state index contributed by atoms with van der Waals surface area (Å²) in [5, 5.41) is 12.6. The summed E-state index contributed by atoms with van der Waals surface area (Å²) in [5.74, 6) is 0.457. The fourth-order valence-corrected chi connectivity index (χ4v) is 3.93. The predicted octanol–water partition coefficient (Wildman–Crippen LogP) is 4.11.